The summed E-state index contributed by atoms with van der Waals surface area (Å²) in [6, 6.07) is 9.80. The van der Waals surface area contributed by atoms with Crippen LogP contribution in [-0.2, 0) is 4.79 Å². The van der Waals surface area contributed by atoms with E-state index in [1.807, 2.05) is 25.3 Å². The van der Waals surface area contributed by atoms with Gasteiger partial charge in [-0.15, -0.1) is 0 Å². The predicted molar refractivity (Wildman–Crippen MR) is 117 cm³/mol. The lowest BCUT2D eigenvalue weighted by molar-refractivity contribution is -0.114. The first-order valence-electron chi connectivity index (χ1n) is 9.51. The molecule has 1 aliphatic rings. The van der Waals surface area contributed by atoms with Gasteiger partial charge in [0.15, 0.2) is 11.5 Å². The highest BCUT2D eigenvalue weighted by Gasteiger charge is 2.42. The third-order valence-electron chi connectivity index (χ3n) is 4.77. The van der Waals surface area contributed by atoms with Gasteiger partial charge in [-0.05, 0) is 43.0 Å². The minimum Gasteiger partial charge on any atom is -0.493 e. The second-order valence-electron chi connectivity index (χ2n) is 6.70. The molecule has 8 heteroatoms. The number of thioether (sulfide) groups is 1. The Hall–Kier alpha value is -3.00. The van der Waals surface area contributed by atoms with E-state index in [9.17, 15) is 14.4 Å². The second kappa shape index (κ2) is 9.21. The van der Waals surface area contributed by atoms with Crippen molar-refractivity contribution >= 4 is 35.2 Å². The van der Waals surface area contributed by atoms with Crippen LogP contribution < -0.4 is 14.8 Å². The number of benzene rings is 2. The van der Waals surface area contributed by atoms with E-state index < -0.39 is 11.9 Å². The number of amides is 3. The zero-order valence-corrected chi connectivity index (χ0v) is 18.2. The number of nitrogens with one attached hydrogen (secondary N) is 1. The van der Waals surface area contributed by atoms with E-state index >= 15 is 0 Å². The van der Waals surface area contributed by atoms with E-state index in [-0.39, 0.29) is 22.9 Å². The second-order valence-corrected chi connectivity index (χ2v) is 7.61. The van der Waals surface area contributed by atoms with Crippen molar-refractivity contribution in [2.45, 2.75) is 19.9 Å². The summed E-state index contributed by atoms with van der Waals surface area (Å²) >= 11 is 1.53. The van der Waals surface area contributed by atoms with Gasteiger partial charge in [0.1, 0.15) is 0 Å². The molecule has 3 rings (SSSR count). The summed E-state index contributed by atoms with van der Waals surface area (Å²) < 4.78 is 11.0. The van der Waals surface area contributed by atoms with Gasteiger partial charge in [0, 0.05) is 12.7 Å². The topological polar surface area (TPSA) is 84.9 Å². The molecular weight excluding hydrogens is 404 g/mol. The Morgan fingerprint density at radius 1 is 1.17 bits per heavy atom. The molecule has 30 heavy (non-hydrogen) atoms. The molecule has 2 aromatic rings. The Morgan fingerprint density at radius 2 is 1.93 bits per heavy atom. The molecule has 0 aliphatic carbocycles. The Labute approximate surface area is 179 Å². The average molecular weight is 429 g/mol. The lowest BCUT2D eigenvalue weighted by Gasteiger charge is -2.27. The van der Waals surface area contributed by atoms with Crippen molar-refractivity contribution in [2.75, 3.05) is 31.0 Å². The van der Waals surface area contributed by atoms with E-state index in [1.54, 1.807) is 31.4 Å². The Balaban J connectivity index is 2.05. The SMILES string of the molecule is CCOc1cc(C(CSC)N2C(=O)c3cccc(NC(C)=O)c3C2=O)ccc1OC. The standard InChI is InChI=1S/C22H24N2O5S/c1-5-29-19-11-14(9-10-18(19)28-3)17(12-30-4)24-21(26)15-7-6-8-16(23-13(2)25)20(15)22(24)27/h6-11,17H,5,12H2,1-4H3,(H,23,25). The molecule has 7 nitrogen and oxygen atoms in total. The molecule has 1 heterocycles. The molecule has 1 aliphatic heterocycles. The molecule has 0 aromatic heterocycles. The van der Waals surface area contributed by atoms with Crippen LogP contribution in [0.4, 0.5) is 5.69 Å². The summed E-state index contributed by atoms with van der Waals surface area (Å²) in [5, 5.41) is 2.65. The smallest absolute Gasteiger partial charge is 0.264 e. The van der Waals surface area contributed by atoms with Gasteiger partial charge < -0.3 is 14.8 Å². The molecule has 158 valence electrons. The number of nitrogens with zero attached hydrogens (tertiary/aromatic N) is 1. The van der Waals surface area contributed by atoms with Gasteiger partial charge in [-0.3, -0.25) is 19.3 Å². The third-order valence-corrected chi connectivity index (χ3v) is 5.41. The predicted octanol–water partition coefficient (Wildman–Crippen LogP) is 3.75. The van der Waals surface area contributed by atoms with Crippen LogP contribution in [0.15, 0.2) is 36.4 Å². The number of fused-ring (bicyclic) bond motifs is 1. The van der Waals surface area contributed by atoms with Crippen LogP contribution in [0.3, 0.4) is 0 Å². The normalized spacial score (nSPS) is 13.8. The Morgan fingerprint density at radius 3 is 2.57 bits per heavy atom. The van der Waals surface area contributed by atoms with Crippen molar-refractivity contribution in [2.24, 2.45) is 0 Å². The zero-order valence-electron chi connectivity index (χ0n) is 17.4. The lowest BCUT2D eigenvalue weighted by atomic mass is 10.1. The van der Waals surface area contributed by atoms with Crippen molar-refractivity contribution in [3.8, 4) is 11.5 Å². The van der Waals surface area contributed by atoms with Crippen LogP contribution in [0, 0.1) is 0 Å². The van der Waals surface area contributed by atoms with Gasteiger partial charge >= 0.3 is 0 Å². The van der Waals surface area contributed by atoms with Crippen molar-refractivity contribution in [3.05, 3.63) is 53.1 Å². The van der Waals surface area contributed by atoms with Gasteiger partial charge in [0.05, 0.1) is 36.6 Å². The molecule has 1 unspecified atom stereocenters. The number of methoxy groups -OCH3 is 1. The van der Waals surface area contributed by atoms with Crippen molar-refractivity contribution in [3.63, 3.8) is 0 Å². The maximum atomic E-state index is 13.3. The fraction of sp³-hybridized carbons (Fsp3) is 0.318. The van der Waals surface area contributed by atoms with Crippen LogP contribution in [-0.4, -0.2) is 48.3 Å². The number of ether oxygens (including phenoxy) is 2. The van der Waals surface area contributed by atoms with Gasteiger partial charge in [-0.25, -0.2) is 0 Å². The fourth-order valence-electron chi connectivity index (χ4n) is 3.53. The summed E-state index contributed by atoms with van der Waals surface area (Å²) in [5.74, 6) is 0.540. The van der Waals surface area contributed by atoms with Gasteiger partial charge in [0.25, 0.3) is 11.8 Å². The average Bonchev–Trinajstić information content (AvgIpc) is 2.97. The van der Waals surface area contributed by atoms with Crippen molar-refractivity contribution in [1.82, 2.24) is 4.90 Å². The minimum atomic E-state index is -0.498. The Kier molecular flexibility index (Phi) is 6.66. The molecule has 2 aromatic carbocycles. The van der Waals surface area contributed by atoms with Gasteiger partial charge in [-0.2, -0.15) is 11.8 Å². The molecule has 0 bridgehead atoms. The number of hydrogen-bond acceptors (Lipinski definition) is 6. The number of carbonyl (C=O) groups is 3. The number of hydrogen-bond donors (Lipinski definition) is 1. The monoisotopic (exact) mass is 428 g/mol. The molecule has 0 saturated heterocycles. The lowest BCUT2D eigenvalue weighted by Crippen LogP contribution is -2.35. The highest BCUT2D eigenvalue weighted by Crippen LogP contribution is 2.38. The maximum absolute atomic E-state index is 13.3. The van der Waals surface area contributed by atoms with Crippen molar-refractivity contribution < 1.29 is 23.9 Å². The molecule has 1 atom stereocenters. The molecular formula is C22H24N2O5S. The van der Waals surface area contributed by atoms with E-state index in [2.05, 4.69) is 5.32 Å². The zero-order chi connectivity index (χ0) is 21.8. The van der Waals surface area contributed by atoms with Crippen LogP contribution >= 0.6 is 11.8 Å². The van der Waals surface area contributed by atoms with Crippen LogP contribution in [0.2, 0.25) is 0 Å². The number of carbonyl (C=O) groups excluding carboxylic acids is 3. The van der Waals surface area contributed by atoms with Crippen LogP contribution in [0.25, 0.3) is 0 Å². The first-order valence-corrected chi connectivity index (χ1v) is 10.9. The third kappa shape index (κ3) is 4.00. The molecule has 3 amide bonds. The summed E-state index contributed by atoms with van der Waals surface area (Å²) in [6.45, 7) is 3.70. The van der Waals surface area contributed by atoms with E-state index in [1.165, 1.54) is 23.6 Å². The van der Waals surface area contributed by atoms with E-state index in [0.717, 1.165) is 5.56 Å². The largest absolute Gasteiger partial charge is 0.493 e. The molecule has 0 fully saturated rings. The number of imide groups is 1. The number of anilines is 1. The van der Waals surface area contributed by atoms with Crippen LogP contribution in [0.5, 0.6) is 11.5 Å². The summed E-state index contributed by atoms with van der Waals surface area (Å²) in [7, 11) is 1.56. The van der Waals surface area contributed by atoms with Gasteiger partial charge in [0.2, 0.25) is 5.91 Å². The summed E-state index contributed by atoms with van der Waals surface area (Å²) in [4.78, 5) is 39.3. The Bertz CT molecular complexity index is 991. The van der Waals surface area contributed by atoms with Crippen molar-refractivity contribution in [1.29, 1.82) is 0 Å². The highest BCUT2D eigenvalue weighted by atomic mass is 32.2. The molecule has 0 radical (unpaired) electrons. The quantitative estimate of drug-likeness (QED) is 0.645. The van der Waals surface area contributed by atoms with E-state index in [4.69, 9.17) is 9.47 Å². The molecule has 1 N–H and O–H groups in total. The summed E-state index contributed by atoms with van der Waals surface area (Å²) in [6.07, 6.45) is 1.92. The summed E-state index contributed by atoms with van der Waals surface area (Å²) in [5.41, 5.74) is 1.62. The van der Waals surface area contributed by atoms with E-state index in [0.29, 0.717) is 29.5 Å². The number of rotatable bonds is 8. The first kappa shape index (κ1) is 21.7. The fourth-order valence-corrected chi connectivity index (χ4v) is 4.18. The molecule has 0 saturated carbocycles. The van der Waals surface area contributed by atoms with Gasteiger partial charge in [-0.1, -0.05) is 12.1 Å². The minimum absolute atomic E-state index is 0.224. The molecule has 0 spiro atoms. The highest BCUT2D eigenvalue weighted by molar-refractivity contribution is 7.98. The first-order chi connectivity index (χ1) is 14.4. The van der Waals surface area contributed by atoms with Crippen LogP contribution in [0.1, 0.15) is 46.2 Å². The maximum Gasteiger partial charge on any atom is 0.264 e.